The Morgan fingerprint density at radius 2 is 2.05 bits per heavy atom. The maximum atomic E-state index is 12.0. The number of likely N-dealkylation sites (tertiary alicyclic amines) is 1. The van der Waals surface area contributed by atoms with Crippen LogP contribution < -0.4 is 0 Å². The Bertz CT molecular complexity index is 486. The molecule has 108 valence electrons. The smallest absolute Gasteiger partial charge is 0.338 e. The largest absolute Gasteiger partial charge is 0.452 e. The molecule has 5 heteroatoms. The number of esters is 1. The Labute approximate surface area is 123 Å². The van der Waals surface area contributed by atoms with Crippen molar-refractivity contribution < 1.29 is 14.3 Å². The molecule has 1 aliphatic heterocycles. The Morgan fingerprint density at radius 1 is 1.35 bits per heavy atom. The highest BCUT2D eigenvalue weighted by molar-refractivity contribution is 6.30. The first-order chi connectivity index (χ1) is 9.56. The maximum Gasteiger partial charge on any atom is 0.338 e. The second kappa shape index (κ2) is 6.75. The van der Waals surface area contributed by atoms with Gasteiger partial charge in [0.1, 0.15) is 0 Å². The molecule has 1 atom stereocenters. The van der Waals surface area contributed by atoms with Gasteiger partial charge in [0.25, 0.3) is 5.91 Å². The molecule has 0 bridgehead atoms. The molecule has 1 amide bonds. The van der Waals surface area contributed by atoms with Crippen molar-refractivity contribution in [3.8, 4) is 0 Å². The van der Waals surface area contributed by atoms with Crippen LogP contribution in [0, 0.1) is 5.92 Å². The summed E-state index contributed by atoms with van der Waals surface area (Å²) in [5.41, 5.74) is 0.397. The zero-order valence-electron chi connectivity index (χ0n) is 11.5. The third kappa shape index (κ3) is 3.97. The van der Waals surface area contributed by atoms with E-state index < -0.39 is 5.97 Å². The van der Waals surface area contributed by atoms with Gasteiger partial charge in [0, 0.05) is 18.1 Å². The zero-order valence-corrected chi connectivity index (χ0v) is 12.2. The summed E-state index contributed by atoms with van der Waals surface area (Å²) in [5.74, 6) is -0.112. The van der Waals surface area contributed by atoms with E-state index >= 15 is 0 Å². The minimum absolute atomic E-state index is 0.126. The minimum atomic E-state index is -0.500. The van der Waals surface area contributed by atoms with E-state index in [1.54, 1.807) is 29.2 Å². The van der Waals surface area contributed by atoms with E-state index in [-0.39, 0.29) is 12.5 Å². The number of carbonyl (C=O) groups is 2. The monoisotopic (exact) mass is 295 g/mol. The molecule has 0 aliphatic carbocycles. The number of benzene rings is 1. The molecule has 1 heterocycles. The second-order valence-electron chi connectivity index (χ2n) is 5.17. The van der Waals surface area contributed by atoms with Gasteiger partial charge in [-0.2, -0.15) is 0 Å². The first kappa shape index (κ1) is 14.9. The quantitative estimate of drug-likeness (QED) is 0.806. The normalized spacial score (nSPS) is 18.7. The zero-order chi connectivity index (χ0) is 14.5. The summed E-state index contributed by atoms with van der Waals surface area (Å²) >= 11 is 5.75. The maximum absolute atomic E-state index is 12.0. The first-order valence-electron chi connectivity index (χ1n) is 6.76. The third-order valence-corrected chi connectivity index (χ3v) is 3.67. The standard InChI is InChI=1S/C15H18ClNO3/c1-11-3-2-8-17(9-11)14(18)10-20-15(19)12-4-6-13(16)7-5-12/h4-7,11H,2-3,8-10H2,1H3. The molecule has 1 fully saturated rings. The van der Waals surface area contributed by atoms with Gasteiger partial charge < -0.3 is 9.64 Å². The topological polar surface area (TPSA) is 46.6 Å². The van der Waals surface area contributed by atoms with Crippen molar-refractivity contribution in [3.05, 3.63) is 34.9 Å². The lowest BCUT2D eigenvalue weighted by Crippen LogP contribution is -2.41. The van der Waals surface area contributed by atoms with E-state index in [9.17, 15) is 9.59 Å². The highest BCUT2D eigenvalue weighted by Gasteiger charge is 2.21. The van der Waals surface area contributed by atoms with Crippen LogP contribution in [0.2, 0.25) is 5.02 Å². The number of piperidine rings is 1. The number of amides is 1. The number of carbonyl (C=O) groups excluding carboxylic acids is 2. The fourth-order valence-corrected chi connectivity index (χ4v) is 2.43. The number of rotatable bonds is 3. The van der Waals surface area contributed by atoms with Gasteiger partial charge in [-0.1, -0.05) is 18.5 Å². The van der Waals surface area contributed by atoms with Crippen molar-refractivity contribution in [1.29, 1.82) is 0 Å². The molecule has 1 saturated heterocycles. The van der Waals surface area contributed by atoms with Crippen LogP contribution in [0.25, 0.3) is 0 Å². The molecular formula is C15H18ClNO3. The molecule has 0 N–H and O–H groups in total. The minimum Gasteiger partial charge on any atom is -0.452 e. The predicted molar refractivity (Wildman–Crippen MR) is 76.7 cm³/mol. The van der Waals surface area contributed by atoms with E-state index in [0.717, 1.165) is 25.9 Å². The van der Waals surface area contributed by atoms with Gasteiger partial charge in [-0.3, -0.25) is 4.79 Å². The van der Waals surface area contributed by atoms with Crippen molar-refractivity contribution in [2.45, 2.75) is 19.8 Å². The van der Waals surface area contributed by atoms with E-state index in [2.05, 4.69) is 6.92 Å². The molecule has 1 aromatic carbocycles. The van der Waals surface area contributed by atoms with Gasteiger partial charge in [-0.05, 0) is 43.0 Å². The van der Waals surface area contributed by atoms with Crippen LogP contribution in [0.3, 0.4) is 0 Å². The SMILES string of the molecule is CC1CCCN(C(=O)COC(=O)c2ccc(Cl)cc2)C1. The summed E-state index contributed by atoms with van der Waals surface area (Å²) in [4.78, 5) is 25.5. The molecule has 1 unspecified atom stereocenters. The first-order valence-corrected chi connectivity index (χ1v) is 7.14. The van der Waals surface area contributed by atoms with Crippen LogP contribution in [0.1, 0.15) is 30.1 Å². The molecule has 1 aliphatic rings. The van der Waals surface area contributed by atoms with Crippen LogP contribution in [-0.2, 0) is 9.53 Å². The molecule has 20 heavy (non-hydrogen) atoms. The number of hydrogen-bond donors (Lipinski definition) is 0. The van der Waals surface area contributed by atoms with Crippen LogP contribution in [0.15, 0.2) is 24.3 Å². The number of halogens is 1. The molecule has 0 saturated carbocycles. The Hall–Kier alpha value is -1.55. The Balaban J connectivity index is 1.83. The number of nitrogens with zero attached hydrogens (tertiary/aromatic N) is 1. The van der Waals surface area contributed by atoms with Crippen molar-refractivity contribution in [2.24, 2.45) is 5.92 Å². The summed E-state index contributed by atoms with van der Waals surface area (Å²) in [6.45, 7) is 3.42. The summed E-state index contributed by atoms with van der Waals surface area (Å²) in [6, 6.07) is 6.40. The second-order valence-corrected chi connectivity index (χ2v) is 5.61. The average molecular weight is 296 g/mol. The van der Waals surface area contributed by atoms with E-state index in [0.29, 0.717) is 16.5 Å². The van der Waals surface area contributed by atoms with Gasteiger partial charge in [0.15, 0.2) is 6.61 Å². The highest BCUT2D eigenvalue weighted by atomic mass is 35.5. The van der Waals surface area contributed by atoms with Crippen molar-refractivity contribution in [3.63, 3.8) is 0 Å². The van der Waals surface area contributed by atoms with Gasteiger partial charge in [-0.25, -0.2) is 4.79 Å². The van der Waals surface area contributed by atoms with Crippen molar-refractivity contribution in [1.82, 2.24) is 4.90 Å². The molecule has 0 spiro atoms. The van der Waals surface area contributed by atoms with Gasteiger partial charge in [0.2, 0.25) is 0 Å². The molecule has 4 nitrogen and oxygen atoms in total. The molecule has 0 aromatic heterocycles. The fourth-order valence-electron chi connectivity index (χ4n) is 2.30. The predicted octanol–water partition coefficient (Wildman–Crippen LogP) is 2.76. The molecule has 0 radical (unpaired) electrons. The van der Waals surface area contributed by atoms with Crippen LogP contribution in [0.4, 0.5) is 0 Å². The number of hydrogen-bond acceptors (Lipinski definition) is 3. The summed E-state index contributed by atoms with van der Waals surface area (Å²) in [6.07, 6.45) is 2.16. The lowest BCUT2D eigenvalue weighted by Gasteiger charge is -2.30. The Kier molecular flexibility index (Phi) is 5.01. The summed E-state index contributed by atoms with van der Waals surface area (Å²) in [5, 5.41) is 0.555. The van der Waals surface area contributed by atoms with Crippen LogP contribution in [-0.4, -0.2) is 36.5 Å². The number of ether oxygens (including phenoxy) is 1. The van der Waals surface area contributed by atoms with E-state index in [1.165, 1.54) is 0 Å². The third-order valence-electron chi connectivity index (χ3n) is 3.42. The van der Waals surface area contributed by atoms with Crippen LogP contribution >= 0.6 is 11.6 Å². The summed E-state index contributed by atoms with van der Waals surface area (Å²) in [7, 11) is 0. The van der Waals surface area contributed by atoms with Gasteiger partial charge in [0.05, 0.1) is 5.56 Å². The van der Waals surface area contributed by atoms with Gasteiger partial charge in [-0.15, -0.1) is 0 Å². The van der Waals surface area contributed by atoms with Gasteiger partial charge >= 0.3 is 5.97 Å². The van der Waals surface area contributed by atoms with E-state index in [4.69, 9.17) is 16.3 Å². The highest BCUT2D eigenvalue weighted by Crippen LogP contribution is 2.15. The lowest BCUT2D eigenvalue weighted by molar-refractivity contribution is -0.136. The van der Waals surface area contributed by atoms with Crippen molar-refractivity contribution >= 4 is 23.5 Å². The molecule has 1 aromatic rings. The van der Waals surface area contributed by atoms with E-state index in [1.807, 2.05) is 0 Å². The average Bonchev–Trinajstić information content (AvgIpc) is 2.45. The lowest BCUT2D eigenvalue weighted by atomic mass is 10.0. The summed E-state index contributed by atoms with van der Waals surface area (Å²) < 4.78 is 5.04. The Morgan fingerprint density at radius 3 is 2.70 bits per heavy atom. The van der Waals surface area contributed by atoms with Crippen LogP contribution in [0.5, 0.6) is 0 Å². The molecular weight excluding hydrogens is 278 g/mol. The molecule has 2 rings (SSSR count). The fraction of sp³-hybridized carbons (Fsp3) is 0.467. The van der Waals surface area contributed by atoms with Crippen molar-refractivity contribution in [2.75, 3.05) is 19.7 Å².